The van der Waals surface area contributed by atoms with Gasteiger partial charge in [0.15, 0.2) is 0 Å². The average molecular weight is 246 g/mol. The molecule has 96 valence electrons. The Balaban J connectivity index is 1.82. The highest BCUT2D eigenvalue weighted by molar-refractivity contribution is 5.95. The SMILES string of the molecule is CCN(C(=O)c1ccc2c(c1)CCO2)C1CNC1. The number of carbonyl (C=O) groups is 1. The van der Waals surface area contributed by atoms with Crippen molar-refractivity contribution in [3.63, 3.8) is 0 Å². The molecule has 1 N–H and O–H groups in total. The molecule has 0 spiro atoms. The van der Waals surface area contributed by atoms with Crippen molar-refractivity contribution < 1.29 is 9.53 Å². The molecule has 3 rings (SSSR count). The van der Waals surface area contributed by atoms with Crippen molar-refractivity contribution in [3.8, 4) is 5.75 Å². The third kappa shape index (κ3) is 1.86. The summed E-state index contributed by atoms with van der Waals surface area (Å²) in [6, 6.07) is 6.13. The molecule has 18 heavy (non-hydrogen) atoms. The number of benzene rings is 1. The van der Waals surface area contributed by atoms with Crippen LogP contribution < -0.4 is 10.1 Å². The summed E-state index contributed by atoms with van der Waals surface area (Å²) >= 11 is 0. The summed E-state index contributed by atoms with van der Waals surface area (Å²) in [5.74, 6) is 1.07. The first-order valence-electron chi connectivity index (χ1n) is 6.57. The number of nitrogens with one attached hydrogen (secondary N) is 1. The van der Waals surface area contributed by atoms with Crippen LogP contribution in [0.15, 0.2) is 18.2 Å². The Kier molecular flexibility index (Phi) is 2.96. The summed E-state index contributed by atoms with van der Waals surface area (Å²) in [5, 5.41) is 3.21. The molecule has 2 aliphatic heterocycles. The van der Waals surface area contributed by atoms with Crippen LogP contribution in [0.2, 0.25) is 0 Å². The molecule has 4 heteroatoms. The maximum Gasteiger partial charge on any atom is 0.254 e. The summed E-state index contributed by atoms with van der Waals surface area (Å²) in [6.45, 7) is 5.35. The van der Waals surface area contributed by atoms with Gasteiger partial charge in [0, 0.05) is 31.6 Å². The van der Waals surface area contributed by atoms with Crippen molar-refractivity contribution in [2.75, 3.05) is 26.2 Å². The second kappa shape index (κ2) is 4.61. The molecule has 1 fully saturated rings. The van der Waals surface area contributed by atoms with E-state index < -0.39 is 0 Å². The standard InChI is InChI=1S/C14H18N2O2/c1-2-16(12-8-15-9-12)14(17)11-3-4-13-10(7-11)5-6-18-13/h3-4,7,12,15H,2,5-6,8-9H2,1H3. The largest absolute Gasteiger partial charge is 0.493 e. The van der Waals surface area contributed by atoms with Gasteiger partial charge in [0.1, 0.15) is 5.75 Å². The van der Waals surface area contributed by atoms with Gasteiger partial charge in [-0.3, -0.25) is 4.79 Å². The number of hydrogen-bond acceptors (Lipinski definition) is 3. The van der Waals surface area contributed by atoms with Gasteiger partial charge < -0.3 is 15.0 Å². The molecule has 0 aliphatic carbocycles. The first-order valence-corrected chi connectivity index (χ1v) is 6.57. The number of nitrogens with zero attached hydrogens (tertiary/aromatic N) is 1. The number of carbonyl (C=O) groups excluding carboxylic acids is 1. The molecular weight excluding hydrogens is 228 g/mol. The van der Waals surface area contributed by atoms with Crippen LogP contribution in [0.1, 0.15) is 22.8 Å². The Hall–Kier alpha value is -1.55. The molecule has 0 saturated carbocycles. The maximum atomic E-state index is 12.5. The van der Waals surface area contributed by atoms with Gasteiger partial charge in [-0.25, -0.2) is 0 Å². The topological polar surface area (TPSA) is 41.6 Å². The van der Waals surface area contributed by atoms with Crippen molar-refractivity contribution in [2.45, 2.75) is 19.4 Å². The summed E-state index contributed by atoms with van der Waals surface area (Å²) in [6.07, 6.45) is 0.910. The molecule has 1 saturated heterocycles. The van der Waals surface area contributed by atoms with E-state index in [0.29, 0.717) is 6.04 Å². The quantitative estimate of drug-likeness (QED) is 0.867. The Morgan fingerprint density at radius 1 is 1.50 bits per heavy atom. The average Bonchev–Trinajstić information content (AvgIpc) is 2.79. The van der Waals surface area contributed by atoms with Gasteiger partial charge in [-0.05, 0) is 30.7 Å². The fraction of sp³-hybridized carbons (Fsp3) is 0.500. The van der Waals surface area contributed by atoms with Crippen molar-refractivity contribution >= 4 is 5.91 Å². The third-order valence-corrected chi connectivity index (χ3v) is 3.74. The van der Waals surface area contributed by atoms with E-state index in [1.54, 1.807) is 0 Å². The lowest BCUT2D eigenvalue weighted by atomic mass is 10.1. The normalized spacial score (nSPS) is 17.8. The molecule has 4 nitrogen and oxygen atoms in total. The fourth-order valence-corrected chi connectivity index (χ4v) is 2.55. The molecule has 1 aromatic rings. The van der Waals surface area contributed by atoms with Crippen LogP contribution in [0.3, 0.4) is 0 Å². The smallest absolute Gasteiger partial charge is 0.254 e. The number of amides is 1. The summed E-state index contributed by atoms with van der Waals surface area (Å²) < 4.78 is 5.46. The van der Waals surface area contributed by atoms with Gasteiger partial charge in [0.25, 0.3) is 5.91 Å². The highest BCUT2D eigenvalue weighted by atomic mass is 16.5. The Morgan fingerprint density at radius 2 is 2.33 bits per heavy atom. The molecule has 0 bridgehead atoms. The number of likely N-dealkylation sites (N-methyl/N-ethyl adjacent to an activating group) is 1. The van der Waals surface area contributed by atoms with E-state index in [9.17, 15) is 4.79 Å². The molecule has 2 heterocycles. The minimum absolute atomic E-state index is 0.138. The van der Waals surface area contributed by atoms with Crippen molar-refractivity contribution in [3.05, 3.63) is 29.3 Å². The van der Waals surface area contributed by atoms with Crippen molar-refractivity contribution in [1.82, 2.24) is 10.2 Å². The second-order valence-electron chi connectivity index (χ2n) is 4.82. The predicted molar refractivity (Wildman–Crippen MR) is 69.0 cm³/mol. The number of rotatable bonds is 3. The van der Waals surface area contributed by atoms with Crippen LogP contribution in [-0.4, -0.2) is 43.1 Å². The van der Waals surface area contributed by atoms with E-state index in [2.05, 4.69) is 5.32 Å². The Bertz CT molecular complexity index is 469. The van der Waals surface area contributed by atoms with E-state index in [0.717, 1.165) is 49.5 Å². The van der Waals surface area contributed by atoms with E-state index in [1.165, 1.54) is 0 Å². The minimum atomic E-state index is 0.138. The van der Waals surface area contributed by atoms with E-state index in [4.69, 9.17) is 4.74 Å². The van der Waals surface area contributed by atoms with Crippen molar-refractivity contribution in [2.24, 2.45) is 0 Å². The molecular formula is C14H18N2O2. The highest BCUT2D eigenvalue weighted by Crippen LogP contribution is 2.26. The van der Waals surface area contributed by atoms with Crippen LogP contribution in [0.25, 0.3) is 0 Å². The van der Waals surface area contributed by atoms with Gasteiger partial charge >= 0.3 is 0 Å². The molecule has 0 aromatic heterocycles. The first kappa shape index (κ1) is 11.5. The lowest BCUT2D eigenvalue weighted by molar-refractivity contribution is 0.0630. The van der Waals surface area contributed by atoms with Gasteiger partial charge in [-0.1, -0.05) is 0 Å². The van der Waals surface area contributed by atoms with E-state index >= 15 is 0 Å². The second-order valence-corrected chi connectivity index (χ2v) is 4.82. The molecule has 2 aliphatic rings. The monoisotopic (exact) mass is 246 g/mol. The Morgan fingerprint density at radius 3 is 3.00 bits per heavy atom. The number of ether oxygens (including phenoxy) is 1. The van der Waals surface area contributed by atoms with Crippen molar-refractivity contribution in [1.29, 1.82) is 0 Å². The van der Waals surface area contributed by atoms with Gasteiger partial charge in [0.2, 0.25) is 0 Å². The van der Waals surface area contributed by atoms with Crippen LogP contribution in [-0.2, 0) is 6.42 Å². The lowest BCUT2D eigenvalue weighted by Crippen LogP contribution is -2.58. The van der Waals surface area contributed by atoms with E-state index in [1.807, 2.05) is 30.0 Å². The molecule has 0 unspecified atom stereocenters. The zero-order chi connectivity index (χ0) is 12.5. The van der Waals surface area contributed by atoms with Crippen LogP contribution in [0.4, 0.5) is 0 Å². The highest BCUT2D eigenvalue weighted by Gasteiger charge is 2.28. The molecule has 0 atom stereocenters. The number of hydrogen-bond donors (Lipinski definition) is 1. The zero-order valence-corrected chi connectivity index (χ0v) is 10.6. The van der Waals surface area contributed by atoms with Crippen LogP contribution in [0, 0.1) is 0 Å². The lowest BCUT2D eigenvalue weighted by Gasteiger charge is -2.37. The van der Waals surface area contributed by atoms with Crippen LogP contribution in [0.5, 0.6) is 5.75 Å². The first-order chi connectivity index (χ1) is 8.79. The fourth-order valence-electron chi connectivity index (χ4n) is 2.55. The number of fused-ring (bicyclic) bond motifs is 1. The zero-order valence-electron chi connectivity index (χ0n) is 10.6. The predicted octanol–water partition coefficient (Wildman–Crippen LogP) is 1.06. The van der Waals surface area contributed by atoms with Gasteiger partial charge in [-0.2, -0.15) is 0 Å². The van der Waals surface area contributed by atoms with Gasteiger partial charge in [-0.15, -0.1) is 0 Å². The summed E-state index contributed by atoms with van der Waals surface area (Å²) in [5.41, 5.74) is 1.94. The summed E-state index contributed by atoms with van der Waals surface area (Å²) in [7, 11) is 0. The Labute approximate surface area is 107 Å². The molecule has 1 aromatic carbocycles. The maximum absolute atomic E-state index is 12.5. The minimum Gasteiger partial charge on any atom is -0.493 e. The van der Waals surface area contributed by atoms with E-state index in [-0.39, 0.29) is 5.91 Å². The summed E-state index contributed by atoms with van der Waals surface area (Å²) in [4.78, 5) is 14.4. The van der Waals surface area contributed by atoms with Gasteiger partial charge in [0.05, 0.1) is 12.6 Å². The third-order valence-electron chi connectivity index (χ3n) is 3.74. The van der Waals surface area contributed by atoms with Crippen LogP contribution >= 0.6 is 0 Å². The molecule has 1 amide bonds. The molecule has 0 radical (unpaired) electrons.